The topological polar surface area (TPSA) is 35.5 Å². The molecule has 1 aliphatic rings. The molecule has 2 rings (SSSR count). The zero-order valence-electron chi connectivity index (χ0n) is 11.3. The molecule has 1 aromatic rings. The van der Waals surface area contributed by atoms with E-state index in [1.165, 1.54) is 19.8 Å². The molecule has 0 N–H and O–H groups in total. The summed E-state index contributed by atoms with van der Waals surface area (Å²) in [6, 6.07) is 7.63. The van der Waals surface area contributed by atoms with E-state index in [9.17, 15) is 4.79 Å². The number of allylic oxidation sites excluding steroid dienone is 1. The summed E-state index contributed by atoms with van der Waals surface area (Å²) in [5, 5.41) is 0. The number of ketones is 1. The predicted molar refractivity (Wildman–Crippen MR) is 75.0 cm³/mol. The Morgan fingerprint density at radius 3 is 2.89 bits per heavy atom. The van der Waals surface area contributed by atoms with Crippen LogP contribution in [0.3, 0.4) is 0 Å². The number of carbonyl (C=O) groups is 1. The molecule has 1 saturated carbocycles. The molecule has 0 aliphatic heterocycles. The first-order valence-electron chi connectivity index (χ1n) is 6.77. The number of carbonyl (C=O) groups excluding carboxylic acids is 1. The molecular formula is C16H20O3. The molecule has 0 radical (unpaired) electrons. The van der Waals surface area contributed by atoms with E-state index in [0.29, 0.717) is 12.9 Å². The van der Waals surface area contributed by atoms with E-state index in [4.69, 9.17) is 9.47 Å². The Morgan fingerprint density at radius 2 is 2.16 bits per heavy atom. The van der Waals surface area contributed by atoms with Crippen LogP contribution >= 0.6 is 0 Å². The van der Waals surface area contributed by atoms with Crippen molar-refractivity contribution >= 4 is 11.9 Å². The van der Waals surface area contributed by atoms with Crippen molar-refractivity contribution in [1.29, 1.82) is 0 Å². The van der Waals surface area contributed by atoms with E-state index in [1.54, 1.807) is 12.2 Å². The molecule has 3 nitrogen and oxygen atoms in total. The molecule has 0 aromatic heterocycles. The maximum atomic E-state index is 10.9. The average Bonchev–Trinajstić information content (AvgIpc) is 2.90. The summed E-state index contributed by atoms with van der Waals surface area (Å²) in [6.45, 7) is 1.83. The zero-order valence-corrected chi connectivity index (χ0v) is 11.3. The fourth-order valence-corrected chi connectivity index (χ4v) is 2.17. The van der Waals surface area contributed by atoms with E-state index in [2.05, 4.69) is 0 Å². The lowest BCUT2D eigenvalue weighted by Gasteiger charge is -2.12. The van der Waals surface area contributed by atoms with Gasteiger partial charge in [0.15, 0.2) is 12.6 Å². The minimum absolute atomic E-state index is 0.0379. The summed E-state index contributed by atoms with van der Waals surface area (Å²) in [6.07, 6.45) is 8.50. The molecule has 19 heavy (non-hydrogen) atoms. The SMILES string of the molecule is CC(=O)/C=C/c1cccc(OCOC2CCCC2)c1. The highest BCUT2D eigenvalue weighted by molar-refractivity contribution is 5.91. The Labute approximate surface area is 114 Å². The van der Waals surface area contributed by atoms with Gasteiger partial charge < -0.3 is 9.47 Å². The molecule has 1 aromatic carbocycles. The Kier molecular flexibility index (Phi) is 5.16. The van der Waals surface area contributed by atoms with Crippen molar-refractivity contribution in [3.05, 3.63) is 35.9 Å². The third kappa shape index (κ3) is 4.87. The molecule has 0 heterocycles. The number of hydrogen-bond acceptors (Lipinski definition) is 3. The van der Waals surface area contributed by atoms with E-state index < -0.39 is 0 Å². The lowest BCUT2D eigenvalue weighted by atomic mass is 10.2. The van der Waals surface area contributed by atoms with Crippen molar-refractivity contribution in [2.45, 2.75) is 38.7 Å². The second-order valence-electron chi connectivity index (χ2n) is 4.85. The Bertz CT molecular complexity index is 445. The van der Waals surface area contributed by atoms with Crippen LogP contribution in [-0.4, -0.2) is 18.7 Å². The molecule has 0 amide bonds. The first-order valence-corrected chi connectivity index (χ1v) is 6.77. The van der Waals surface area contributed by atoms with Crippen molar-refractivity contribution < 1.29 is 14.3 Å². The molecule has 102 valence electrons. The molecule has 0 saturated heterocycles. The zero-order chi connectivity index (χ0) is 13.5. The minimum atomic E-state index is 0.0379. The summed E-state index contributed by atoms with van der Waals surface area (Å²) in [4.78, 5) is 10.9. The summed E-state index contributed by atoms with van der Waals surface area (Å²) in [5.41, 5.74) is 0.952. The summed E-state index contributed by atoms with van der Waals surface area (Å²) in [7, 11) is 0. The number of hydrogen-bond donors (Lipinski definition) is 0. The van der Waals surface area contributed by atoms with Crippen LogP contribution in [0.25, 0.3) is 6.08 Å². The van der Waals surface area contributed by atoms with Crippen LogP contribution in [0.2, 0.25) is 0 Å². The van der Waals surface area contributed by atoms with Crippen LogP contribution in [0.5, 0.6) is 5.75 Å². The lowest BCUT2D eigenvalue weighted by molar-refractivity contribution is -0.112. The normalized spacial score (nSPS) is 16.1. The first kappa shape index (κ1) is 13.8. The van der Waals surface area contributed by atoms with Gasteiger partial charge in [0.25, 0.3) is 0 Å². The van der Waals surface area contributed by atoms with E-state index >= 15 is 0 Å². The van der Waals surface area contributed by atoms with Crippen LogP contribution in [0.15, 0.2) is 30.3 Å². The van der Waals surface area contributed by atoms with Crippen molar-refractivity contribution in [2.75, 3.05) is 6.79 Å². The molecule has 1 aliphatic carbocycles. The summed E-state index contributed by atoms with van der Waals surface area (Å²) >= 11 is 0. The van der Waals surface area contributed by atoms with Crippen LogP contribution in [-0.2, 0) is 9.53 Å². The number of ether oxygens (including phenoxy) is 2. The highest BCUT2D eigenvalue weighted by atomic mass is 16.7. The molecule has 1 fully saturated rings. The van der Waals surface area contributed by atoms with Crippen molar-refractivity contribution in [1.82, 2.24) is 0 Å². The van der Waals surface area contributed by atoms with Crippen molar-refractivity contribution in [2.24, 2.45) is 0 Å². The van der Waals surface area contributed by atoms with Gasteiger partial charge in [-0.1, -0.05) is 31.1 Å². The van der Waals surface area contributed by atoms with Gasteiger partial charge in [0.05, 0.1) is 6.10 Å². The maximum Gasteiger partial charge on any atom is 0.189 e. The van der Waals surface area contributed by atoms with Crippen LogP contribution in [0.1, 0.15) is 38.2 Å². The average molecular weight is 260 g/mol. The number of rotatable bonds is 6. The van der Waals surface area contributed by atoms with E-state index in [1.807, 2.05) is 24.3 Å². The third-order valence-corrected chi connectivity index (χ3v) is 3.20. The maximum absolute atomic E-state index is 10.9. The molecular weight excluding hydrogens is 240 g/mol. The third-order valence-electron chi connectivity index (χ3n) is 3.20. The minimum Gasteiger partial charge on any atom is -0.468 e. The Balaban J connectivity index is 1.82. The first-order chi connectivity index (χ1) is 9.24. The highest BCUT2D eigenvalue weighted by Gasteiger charge is 2.15. The van der Waals surface area contributed by atoms with Crippen molar-refractivity contribution in [3.8, 4) is 5.75 Å². The smallest absolute Gasteiger partial charge is 0.189 e. The Morgan fingerprint density at radius 1 is 1.37 bits per heavy atom. The fraction of sp³-hybridized carbons (Fsp3) is 0.438. The summed E-state index contributed by atoms with van der Waals surface area (Å²) in [5.74, 6) is 0.805. The van der Waals surface area contributed by atoms with E-state index in [-0.39, 0.29) is 5.78 Å². The van der Waals surface area contributed by atoms with Crippen LogP contribution in [0, 0.1) is 0 Å². The predicted octanol–water partition coefficient (Wildman–Crippen LogP) is 3.58. The molecule has 3 heteroatoms. The largest absolute Gasteiger partial charge is 0.468 e. The molecule has 0 unspecified atom stereocenters. The second-order valence-corrected chi connectivity index (χ2v) is 4.85. The van der Waals surface area contributed by atoms with Crippen LogP contribution in [0.4, 0.5) is 0 Å². The lowest BCUT2D eigenvalue weighted by Crippen LogP contribution is -2.12. The van der Waals surface area contributed by atoms with Gasteiger partial charge >= 0.3 is 0 Å². The quantitative estimate of drug-likeness (QED) is 0.579. The standard InChI is InChI=1S/C16H20O3/c1-13(17)9-10-14-5-4-8-16(11-14)19-12-18-15-6-2-3-7-15/h4-5,8-11,15H,2-3,6-7,12H2,1H3/b10-9+. The number of benzene rings is 1. The van der Waals surface area contributed by atoms with Gasteiger partial charge in [-0.2, -0.15) is 0 Å². The van der Waals surface area contributed by atoms with Gasteiger partial charge in [-0.25, -0.2) is 0 Å². The molecule has 0 spiro atoms. The highest BCUT2D eigenvalue weighted by Crippen LogP contribution is 2.21. The van der Waals surface area contributed by atoms with E-state index in [0.717, 1.165) is 24.2 Å². The monoisotopic (exact) mass is 260 g/mol. The second kappa shape index (κ2) is 7.10. The van der Waals surface area contributed by atoms with Gasteiger partial charge in [0.2, 0.25) is 0 Å². The Hall–Kier alpha value is -1.61. The molecule has 0 atom stereocenters. The van der Waals surface area contributed by atoms with Gasteiger partial charge in [-0.05, 0) is 43.5 Å². The van der Waals surface area contributed by atoms with Crippen LogP contribution < -0.4 is 4.74 Å². The van der Waals surface area contributed by atoms with Crippen molar-refractivity contribution in [3.63, 3.8) is 0 Å². The van der Waals surface area contributed by atoms with Gasteiger partial charge in [-0.3, -0.25) is 4.79 Å². The molecule has 0 bridgehead atoms. The van der Waals surface area contributed by atoms with Gasteiger partial charge in [0, 0.05) is 0 Å². The van der Waals surface area contributed by atoms with Gasteiger partial charge in [0.1, 0.15) is 5.75 Å². The fourth-order valence-electron chi connectivity index (χ4n) is 2.17. The van der Waals surface area contributed by atoms with Gasteiger partial charge in [-0.15, -0.1) is 0 Å². The summed E-state index contributed by atoms with van der Waals surface area (Å²) < 4.78 is 11.2.